The first-order chi connectivity index (χ1) is 20.4. The monoisotopic (exact) mass is 597 g/mol. The van der Waals surface area contributed by atoms with E-state index in [2.05, 4.69) is 15.4 Å². The summed E-state index contributed by atoms with van der Waals surface area (Å²) in [6.45, 7) is 1.30. The summed E-state index contributed by atoms with van der Waals surface area (Å²) in [6, 6.07) is 11.8. The molecule has 1 aliphatic rings. The molecule has 0 aliphatic heterocycles. The lowest BCUT2D eigenvalue weighted by Crippen LogP contribution is -2.34. The summed E-state index contributed by atoms with van der Waals surface area (Å²) in [4.78, 5) is 29.7. The van der Waals surface area contributed by atoms with Crippen LogP contribution in [-0.4, -0.2) is 26.6 Å². The van der Waals surface area contributed by atoms with Gasteiger partial charge in [-0.3, -0.25) is 19.3 Å². The van der Waals surface area contributed by atoms with Crippen LogP contribution in [0.1, 0.15) is 70.3 Å². The zero-order chi connectivity index (χ0) is 30.9. The minimum atomic E-state index is -4.67. The van der Waals surface area contributed by atoms with Gasteiger partial charge in [0.1, 0.15) is 18.2 Å². The zero-order valence-electron chi connectivity index (χ0n) is 23.1. The predicted molar refractivity (Wildman–Crippen MR) is 148 cm³/mol. The highest BCUT2D eigenvalue weighted by atomic mass is 19.4. The molecule has 5 rings (SSSR count). The molecule has 4 aromatic rings. The number of nitrogens with one attached hydrogen (secondary N) is 1. The standard InChI is InChI=1S/C31H28F5N5O2/c1-17-5-2-8-24-28(17)41(40-29(24)31(34,35)36)16-26(42)39-25(13-18-11-21(32)15-22(33)12-18)27-23(9-4-10-38-27)19-6-3-7-20(14-19)30(37)43/h3-4,6-7,9-12,14-15,17,25H,2,5,8,13,16H2,1H3,(H2,37,43)(H,39,42)/t17?,25-/m0/s1. The summed E-state index contributed by atoms with van der Waals surface area (Å²) in [6.07, 6.45) is -1.83. The third-order valence-corrected chi connectivity index (χ3v) is 7.51. The molecule has 0 fully saturated rings. The average Bonchev–Trinajstić information content (AvgIpc) is 3.32. The lowest BCUT2D eigenvalue weighted by molar-refractivity contribution is -0.142. The zero-order valence-corrected chi connectivity index (χ0v) is 23.1. The van der Waals surface area contributed by atoms with Crippen LogP contribution in [0.4, 0.5) is 22.0 Å². The van der Waals surface area contributed by atoms with E-state index in [1.54, 1.807) is 37.3 Å². The highest BCUT2D eigenvalue weighted by molar-refractivity contribution is 5.94. The quantitative estimate of drug-likeness (QED) is 0.248. The maximum atomic E-state index is 14.1. The number of carbonyl (C=O) groups excluding carboxylic acids is 2. The molecule has 0 bridgehead atoms. The van der Waals surface area contributed by atoms with Gasteiger partial charge in [0.15, 0.2) is 5.69 Å². The van der Waals surface area contributed by atoms with Crippen molar-refractivity contribution in [3.8, 4) is 11.1 Å². The second kappa shape index (κ2) is 11.9. The number of rotatable bonds is 8. The summed E-state index contributed by atoms with van der Waals surface area (Å²) >= 11 is 0. The number of carbonyl (C=O) groups is 2. The van der Waals surface area contributed by atoms with Crippen LogP contribution in [0.25, 0.3) is 11.1 Å². The van der Waals surface area contributed by atoms with Gasteiger partial charge in [0, 0.05) is 34.6 Å². The largest absolute Gasteiger partial charge is 0.435 e. The number of benzene rings is 2. The average molecular weight is 598 g/mol. The van der Waals surface area contributed by atoms with Crippen LogP contribution in [0.3, 0.4) is 0 Å². The van der Waals surface area contributed by atoms with E-state index in [-0.39, 0.29) is 35.4 Å². The normalized spacial score (nSPS) is 15.5. The van der Waals surface area contributed by atoms with Gasteiger partial charge in [-0.05, 0) is 73.1 Å². The van der Waals surface area contributed by atoms with Gasteiger partial charge in [-0.1, -0.05) is 25.1 Å². The SMILES string of the molecule is CC1CCCc2c(C(F)(F)F)nn(CC(=O)N[C@@H](Cc3cc(F)cc(F)c3)c3ncccc3-c3cccc(C(N)=O)c3)c21. The first kappa shape index (κ1) is 29.9. The fraction of sp³-hybridized carbons (Fsp3) is 0.290. The molecule has 43 heavy (non-hydrogen) atoms. The van der Waals surface area contributed by atoms with Crippen LogP contribution in [0.2, 0.25) is 0 Å². The molecule has 1 unspecified atom stereocenters. The lowest BCUT2D eigenvalue weighted by atomic mass is 9.87. The number of fused-ring (bicyclic) bond motifs is 1. The van der Waals surface area contributed by atoms with Gasteiger partial charge in [0.05, 0.1) is 11.7 Å². The first-order valence-electron chi connectivity index (χ1n) is 13.7. The van der Waals surface area contributed by atoms with E-state index in [9.17, 15) is 31.5 Å². The minimum Gasteiger partial charge on any atom is -0.366 e. The number of alkyl halides is 3. The number of amides is 2. The molecule has 0 saturated carbocycles. The smallest absolute Gasteiger partial charge is 0.366 e. The predicted octanol–water partition coefficient (Wildman–Crippen LogP) is 5.88. The van der Waals surface area contributed by atoms with Gasteiger partial charge in [-0.15, -0.1) is 0 Å². The number of aromatic nitrogens is 3. The van der Waals surface area contributed by atoms with Crippen LogP contribution in [0, 0.1) is 11.6 Å². The van der Waals surface area contributed by atoms with Crippen LogP contribution < -0.4 is 11.1 Å². The third kappa shape index (κ3) is 6.58. The summed E-state index contributed by atoms with van der Waals surface area (Å²) in [5, 5.41) is 6.61. The summed E-state index contributed by atoms with van der Waals surface area (Å²) in [7, 11) is 0. The fourth-order valence-electron chi connectivity index (χ4n) is 5.72. The van der Waals surface area contributed by atoms with Crippen molar-refractivity contribution >= 4 is 11.8 Å². The Kier molecular flexibility index (Phi) is 8.30. The van der Waals surface area contributed by atoms with Crippen LogP contribution in [-0.2, 0) is 30.4 Å². The van der Waals surface area contributed by atoms with Crippen molar-refractivity contribution in [1.82, 2.24) is 20.1 Å². The summed E-state index contributed by atoms with van der Waals surface area (Å²) in [5.74, 6) is -3.17. The Morgan fingerprint density at radius 3 is 2.53 bits per heavy atom. The number of hydrogen-bond donors (Lipinski definition) is 2. The third-order valence-electron chi connectivity index (χ3n) is 7.51. The van der Waals surface area contributed by atoms with E-state index in [0.29, 0.717) is 35.4 Å². The van der Waals surface area contributed by atoms with Gasteiger partial charge < -0.3 is 11.1 Å². The van der Waals surface area contributed by atoms with Crippen molar-refractivity contribution in [3.63, 3.8) is 0 Å². The molecule has 12 heteroatoms. The molecule has 7 nitrogen and oxygen atoms in total. The minimum absolute atomic E-state index is 0.0959. The van der Waals surface area contributed by atoms with E-state index in [1.165, 1.54) is 12.3 Å². The highest BCUT2D eigenvalue weighted by Gasteiger charge is 2.41. The highest BCUT2D eigenvalue weighted by Crippen LogP contribution is 2.40. The maximum Gasteiger partial charge on any atom is 0.435 e. The van der Waals surface area contributed by atoms with Crippen molar-refractivity contribution in [2.24, 2.45) is 5.73 Å². The summed E-state index contributed by atoms with van der Waals surface area (Å²) in [5.41, 5.74) is 6.77. The van der Waals surface area contributed by atoms with E-state index >= 15 is 0 Å². The number of pyridine rings is 1. The Morgan fingerprint density at radius 1 is 1.09 bits per heavy atom. The van der Waals surface area contributed by atoms with Crippen molar-refractivity contribution in [2.75, 3.05) is 0 Å². The number of nitrogens with two attached hydrogens (primary N) is 1. The Hall–Kier alpha value is -4.61. The molecule has 1 aliphatic carbocycles. The second-order valence-corrected chi connectivity index (χ2v) is 10.6. The maximum absolute atomic E-state index is 14.1. The van der Waals surface area contributed by atoms with Gasteiger partial charge in [0.2, 0.25) is 11.8 Å². The molecule has 0 spiro atoms. The lowest BCUT2D eigenvalue weighted by Gasteiger charge is -2.23. The fourth-order valence-corrected chi connectivity index (χ4v) is 5.72. The molecule has 2 aromatic heterocycles. The molecule has 2 heterocycles. The topological polar surface area (TPSA) is 103 Å². The number of primary amides is 1. The van der Waals surface area contributed by atoms with Crippen molar-refractivity contribution in [2.45, 2.75) is 57.3 Å². The van der Waals surface area contributed by atoms with Gasteiger partial charge in [-0.2, -0.15) is 18.3 Å². The molecule has 224 valence electrons. The van der Waals surface area contributed by atoms with Crippen LogP contribution >= 0.6 is 0 Å². The molecule has 3 N–H and O–H groups in total. The first-order valence-corrected chi connectivity index (χ1v) is 13.7. The Balaban J connectivity index is 1.53. The number of halogens is 5. The van der Waals surface area contributed by atoms with Gasteiger partial charge >= 0.3 is 6.18 Å². The van der Waals surface area contributed by atoms with Crippen molar-refractivity contribution in [3.05, 3.63) is 106 Å². The van der Waals surface area contributed by atoms with E-state index in [4.69, 9.17) is 5.73 Å². The second-order valence-electron chi connectivity index (χ2n) is 10.6. The van der Waals surface area contributed by atoms with Gasteiger partial charge in [0.25, 0.3) is 0 Å². The van der Waals surface area contributed by atoms with E-state index in [1.807, 2.05) is 0 Å². The van der Waals surface area contributed by atoms with E-state index < -0.39 is 47.9 Å². The van der Waals surface area contributed by atoms with Crippen molar-refractivity contribution < 1.29 is 31.5 Å². The molecule has 2 atom stereocenters. The van der Waals surface area contributed by atoms with E-state index in [0.717, 1.165) is 22.9 Å². The Labute approximate surface area is 243 Å². The Morgan fingerprint density at radius 2 is 1.84 bits per heavy atom. The molecule has 0 saturated heterocycles. The molecule has 0 radical (unpaired) electrons. The van der Waals surface area contributed by atoms with Crippen LogP contribution in [0.5, 0.6) is 0 Å². The van der Waals surface area contributed by atoms with Crippen LogP contribution in [0.15, 0.2) is 60.8 Å². The van der Waals surface area contributed by atoms with Gasteiger partial charge in [-0.25, -0.2) is 8.78 Å². The summed E-state index contributed by atoms with van der Waals surface area (Å²) < 4.78 is 70.7. The van der Waals surface area contributed by atoms with Crippen molar-refractivity contribution in [1.29, 1.82) is 0 Å². The number of hydrogen-bond acceptors (Lipinski definition) is 4. The number of nitrogens with zero attached hydrogens (tertiary/aromatic N) is 3. The molecular formula is C31H28F5N5O2. The molecular weight excluding hydrogens is 569 g/mol. The molecule has 2 amide bonds. The molecule has 2 aromatic carbocycles. The Bertz CT molecular complexity index is 1660.